The monoisotopic (exact) mass is 307 g/mol. The van der Waals surface area contributed by atoms with Gasteiger partial charge in [0.25, 0.3) is 0 Å². The zero-order chi connectivity index (χ0) is 15.8. The molecular weight excluding hydrogens is 278 g/mol. The second-order valence-electron chi connectivity index (χ2n) is 5.63. The SMILES string of the molecule is CCN(CC)CCCC(C)Nc1cc(C)ccc1C(N)=S. The van der Waals surface area contributed by atoms with Crippen molar-refractivity contribution in [2.75, 3.05) is 25.0 Å². The van der Waals surface area contributed by atoms with Gasteiger partial charge in [0.15, 0.2) is 0 Å². The maximum atomic E-state index is 5.80. The molecule has 0 aliphatic carbocycles. The van der Waals surface area contributed by atoms with Crippen molar-refractivity contribution in [1.82, 2.24) is 4.90 Å². The second kappa shape index (κ2) is 9.00. The summed E-state index contributed by atoms with van der Waals surface area (Å²) in [5, 5.41) is 3.56. The quantitative estimate of drug-likeness (QED) is 0.685. The first-order valence-electron chi connectivity index (χ1n) is 7.87. The Hall–Kier alpha value is -1.13. The fourth-order valence-electron chi connectivity index (χ4n) is 2.49. The molecule has 21 heavy (non-hydrogen) atoms. The Labute approximate surface area is 134 Å². The molecule has 0 amide bonds. The van der Waals surface area contributed by atoms with Crippen LogP contribution in [0.25, 0.3) is 0 Å². The molecule has 3 N–H and O–H groups in total. The molecule has 1 atom stereocenters. The third-order valence-corrected chi connectivity index (χ3v) is 4.07. The van der Waals surface area contributed by atoms with Crippen LogP contribution < -0.4 is 11.1 Å². The van der Waals surface area contributed by atoms with Crippen molar-refractivity contribution in [3.63, 3.8) is 0 Å². The standard InChI is InChI=1S/C17H29N3S/c1-5-20(6-2)11-7-8-14(4)19-16-12-13(3)9-10-15(16)17(18)21/h9-10,12,14,19H,5-8,11H2,1-4H3,(H2,18,21). The number of nitrogens with two attached hydrogens (primary N) is 1. The molecule has 0 saturated carbocycles. The largest absolute Gasteiger partial charge is 0.389 e. The molecule has 0 radical (unpaired) electrons. The summed E-state index contributed by atoms with van der Waals surface area (Å²) in [6.45, 7) is 12.1. The van der Waals surface area contributed by atoms with Crippen molar-refractivity contribution in [3.8, 4) is 0 Å². The number of hydrogen-bond acceptors (Lipinski definition) is 3. The predicted molar refractivity (Wildman–Crippen MR) is 97.2 cm³/mol. The Kier molecular flexibility index (Phi) is 7.68. The summed E-state index contributed by atoms with van der Waals surface area (Å²) in [5.74, 6) is 0. The molecule has 4 heteroatoms. The number of nitrogens with zero attached hydrogens (tertiary/aromatic N) is 1. The van der Waals surface area contributed by atoms with Gasteiger partial charge < -0.3 is 16.0 Å². The van der Waals surface area contributed by atoms with Crippen molar-refractivity contribution in [2.45, 2.75) is 46.6 Å². The third-order valence-electron chi connectivity index (χ3n) is 3.85. The Balaban J connectivity index is 2.56. The first-order chi connectivity index (χ1) is 9.97. The van der Waals surface area contributed by atoms with Gasteiger partial charge in [-0.1, -0.05) is 32.1 Å². The summed E-state index contributed by atoms with van der Waals surface area (Å²) in [7, 11) is 0. The summed E-state index contributed by atoms with van der Waals surface area (Å²) >= 11 is 5.13. The van der Waals surface area contributed by atoms with Gasteiger partial charge >= 0.3 is 0 Å². The van der Waals surface area contributed by atoms with E-state index in [1.54, 1.807) is 0 Å². The van der Waals surface area contributed by atoms with Gasteiger partial charge in [-0.3, -0.25) is 0 Å². The fourth-order valence-corrected chi connectivity index (χ4v) is 2.67. The highest BCUT2D eigenvalue weighted by Gasteiger charge is 2.09. The van der Waals surface area contributed by atoms with Gasteiger partial charge in [-0.2, -0.15) is 0 Å². The van der Waals surface area contributed by atoms with E-state index in [9.17, 15) is 0 Å². The minimum absolute atomic E-state index is 0.412. The average Bonchev–Trinajstić information content (AvgIpc) is 2.43. The van der Waals surface area contributed by atoms with Crippen LogP contribution in [-0.2, 0) is 0 Å². The van der Waals surface area contributed by atoms with Gasteiger partial charge in [-0.25, -0.2) is 0 Å². The van der Waals surface area contributed by atoms with Crippen molar-refractivity contribution in [2.24, 2.45) is 5.73 Å². The first kappa shape index (κ1) is 17.9. The fraction of sp³-hybridized carbons (Fsp3) is 0.588. The summed E-state index contributed by atoms with van der Waals surface area (Å²) in [6.07, 6.45) is 2.34. The Morgan fingerprint density at radius 1 is 1.33 bits per heavy atom. The highest BCUT2D eigenvalue weighted by atomic mass is 32.1. The Bertz CT molecular complexity index is 455. The van der Waals surface area contributed by atoms with Crippen LogP contribution in [0, 0.1) is 6.92 Å². The van der Waals surface area contributed by atoms with Gasteiger partial charge in [0.2, 0.25) is 0 Å². The van der Waals surface area contributed by atoms with Gasteiger partial charge in [0.1, 0.15) is 4.99 Å². The number of nitrogens with one attached hydrogen (secondary N) is 1. The minimum Gasteiger partial charge on any atom is -0.389 e. The lowest BCUT2D eigenvalue weighted by Crippen LogP contribution is -2.26. The molecule has 118 valence electrons. The molecule has 0 aliphatic heterocycles. The molecule has 3 nitrogen and oxygen atoms in total. The number of anilines is 1. The van der Waals surface area contributed by atoms with E-state index < -0.39 is 0 Å². The molecule has 0 fully saturated rings. The van der Waals surface area contributed by atoms with Crippen LogP contribution in [0.15, 0.2) is 18.2 Å². The number of hydrogen-bond donors (Lipinski definition) is 2. The maximum Gasteiger partial charge on any atom is 0.106 e. The molecular formula is C17H29N3S. The van der Waals surface area contributed by atoms with Crippen LogP contribution in [0.1, 0.15) is 44.7 Å². The molecule has 0 bridgehead atoms. The summed E-state index contributed by atoms with van der Waals surface area (Å²) in [5.41, 5.74) is 9.01. The van der Waals surface area contributed by atoms with E-state index in [-0.39, 0.29) is 0 Å². The Morgan fingerprint density at radius 3 is 2.57 bits per heavy atom. The topological polar surface area (TPSA) is 41.3 Å². The number of rotatable bonds is 9. The molecule has 0 heterocycles. The summed E-state index contributed by atoms with van der Waals surface area (Å²) in [6, 6.07) is 6.58. The molecule has 1 aromatic rings. The van der Waals surface area contributed by atoms with Crippen LogP contribution in [0.5, 0.6) is 0 Å². The van der Waals surface area contributed by atoms with Gasteiger partial charge in [0, 0.05) is 17.3 Å². The van der Waals surface area contributed by atoms with Gasteiger partial charge in [-0.15, -0.1) is 0 Å². The molecule has 1 unspecified atom stereocenters. The van der Waals surface area contributed by atoms with E-state index in [0.29, 0.717) is 11.0 Å². The lowest BCUT2D eigenvalue weighted by molar-refractivity contribution is 0.295. The van der Waals surface area contributed by atoms with Crippen LogP contribution >= 0.6 is 12.2 Å². The average molecular weight is 308 g/mol. The van der Waals surface area contributed by atoms with E-state index in [1.165, 1.54) is 12.0 Å². The van der Waals surface area contributed by atoms with E-state index in [4.69, 9.17) is 18.0 Å². The van der Waals surface area contributed by atoms with Crippen LogP contribution in [-0.4, -0.2) is 35.6 Å². The lowest BCUT2D eigenvalue weighted by Gasteiger charge is -2.21. The molecule has 0 saturated heterocycles. The van der Waals surface area contributed by atoms with E-state index in [0.717, 1.165) is 37.3 Å². The maximum absolute atomic E-state index is 5.80. The zero-order valence-corrected chi connectivity index (χ0v) is 14.6. The van der Waals surface area contributed by atoms with E-state index in [2.05, 4.69) is 44.0 Å². The molecule has 0 aromatic heterocycles. The smallest absolute Gasteiger partial charge is 0.106 e. The lowest BCUT2D eigenvalue weighted by atomic mass is 10.1. The number of thiocarbonyl (C=S) groups is 1. The van der Waals surface area contributed by atoms with Crippen LogP contribution in [0.3, 0.4) is 0 Å². The first-order valence-corrected chi connectivity index (χ1v) is 8.28. The van der Waals surface area contributed by atoms with Crippen LogP contribution in [0.4, 0.5) is 5.69 Å². The van der Waals surface area contributed by atoms with Crippen LogP contribution in [0.2, 0.25) is 0 Å². The van der Waals surface area contributed by atoms with Gasteiger partial charge in [0.05, 0.1) is 0 Å². The number of aryl methyl sites for hydroxylation is 1. The van der Waals surface area contributed by atoms with Crippen molar-refractivity contribution in [1.29, 1.82) is 0 Å². The van der Waals surface area contributed by atoms with E-state index >= 15 is 0 Å². The van der Waals surface area contributed by atoms with Crippen molar-refractivity contribution in [3.05, 3.63) is 29.3 Å². The number of benzene rings is 1. The molecule has 0 aliphatic rings. The normalized spacial score (nSPS) is 12.4. The van der Waals surface area contributed by atoms with Crippen molar-refractivity contribution >= 4 is 22.9 Å². The van der Waals surface area contributed by atoms with Gasteiger partial charge in [-0.05, 0) is 64.0 Å². The van der Waals surface area contributed by atoms with Crippen molar-refractivity contribution < 1.29 is 0 Å². The summed E-state index contributed by atoms with van der Waals surface area (Å²) < 4.78 is 0. The highest BCUT2D eigenvalue weighted by Crippen LogP contribution is 2.19. The highest BCUT2D eigenvalue weighted by molar-refractivity contribution is 7.80. The third kappa shape index (κ3) is 6.02. The van der Waals surface area contributed by atoms with E-state index in [1.807, 2.05) is 12.1 Å². The zero-order valence-electron chi connectivity index (χ0n) is 13.8. The second-order valence-corrected chi connectivity index (χ2v) is 6.07. The molecule has 1 aromatic carbocycles. The predicted octanol–water partition coefficient (Wildman–Crippen LogP) is 3.55. The molecule has 1 rings (SSSR count). The Morgan fingerprint density at radius 2 is 2.00 bits per heavy atom. The summed E-state index contributed by atoms with van der Waals surface area (Å²) in [4.78, 5) is 2.91. The molecule has 0 spiro atoms. The minimum atomic E-state index is 0.412.